The van der Waals surface area contributed by atoms with Gasteiger partial charge in [0.05, 0.1) is 12.6 Å². The largest absolute Gasteiger partial charge is 0.390 e. The Labute approximate surface area is 110 Å². The van der Waals surface area contributed by atoms with Gasteiger partial charge in [0.1, 0.15) is 6.10 Å². The lowest BCUT2D eigenvalue weighted by molar-refractivity contribution is 0.0240. The summed E-state index contributed by atoms with van der Waals surface area (Å²) in [6.45, 7) is 1.70. The summed E-state index contributed by atoms with van der Waals surface area (Å²) in [4.78, 5) is 13.0. The highest BCUT2D eigenvalue weighted by Gasteiger charge is 2.20. The van der Waals surface area contributed by atoms with Gasteiger partial charge in [-0.2, -0.15) is 0 Å². The van der Waals surface area contributed by atoms with E-state index in [2.05, 4.69) is 24.9 Å². The predicted molar refractivity (Wildman–Crippen MR) is 68.5 cm³/mol. The molecule has 0 bridgehead atoms. The quantitative estimate of drug-likeness (QED) is 0.463. The maximum atomic E-state index is 9.84. The summed E-state index contributed by atoms with van der Waals surface area (Å²) in [5, 5.41) is 22.7. The molecule has 1 aliphatic heterocycles. The Morgan fingerprint density at radius 1 is 1.32 bits per heavy atom. The van der Waals surface area contributed by atoms with Gasteiger partial charge in [0.2, 0.25) is 5.95 Å². The lowest BCUT2D eigenvalue weighted by atomic mass is 10.1. The minimum atomic E-state index is -1.16. The lowest BCUT2D eigenvalue weighted by Gasteiger charge is -2.18. The van der Waals surface area contributed by atoms with Crippen LogP contribution in [0.3, 0.4) is 0 Å². The van der Waals surface area contributed by atoms with Gasteiger partial charge in [0, 0.05) is 36.0 Å². The molecule has 1 saturated heterocycles. The summed E-state index contributed by atoms with van der Waals surface area (Å²) in [6, 6.07) is 0. The average Bonchev–Trinajstić information content (AvgIpc) is 2.98. The van der Waals surface area contributed by atoms with E-state index < -0.39 is 12.2 Å². The third-order valence-corrected chi connectivity index (χ3v) is 3.09. The van der Waals surface area contributed by atoms with E-state index in [4.69, 9.17) is 5.53 Å². The van der Waals surface area contributed by atoms with Gasteiger partial charge in [-0.15, -0.1) is 0 Å². The smallest absolute Gasteiger partial charge is 0.225 e. The Bertz CT molecular complexity index is 453. The highest BCUT2D eigenvalue weighted by molar-refractivity contribution is 5.31. The van der Waals surface area contributed by atoms with E-state index in [0.29, 0.717) is 11.5 Å². The Morgan fingerprint density at radius 2 is 1.95 bits per heavy atom. The second-order valence-electron chi connectivity index (χ2n) is 4.44. The molecule has 2 heterocycles. The predicted octanol–water partition coefficient (Wildman–Crippen LogP) is 0.781. The molecule has 2 atom stereocenters. The van der Waals surface area contributed by atoms with Crippen LogP contribution in [0, 0.1) is 0 Å². The molecule has 8 nitrogen and oxygen atoms in total. The molecule has 8 heteroatoms. The lowest BCUT2D eigenvalue weighted by Crippen LogP contribution is -2.23. The molecule has 1 fully saturated rings. The Balaban J connectivity index is 2.02. The van der Waals surface area contributed by atoms with Crippen molar-refractivity contribution in [2.24, 2.45) is 5.11 Å². The van der Waals surface area contributed by atoms with E-state index in [9.17, 15) is 10.2 Å². The van der Waals surface area contributed by atoms with Crippen molar-refractivity contribution in [3.8, 4) is 0 Å². The second kappa shape index (κ2) is 6.33. The third kappa shape index (κ3) is 3.31. The van der Waals surface area contributed by atoms with Crippen LogP contribution in [0.15, 0.2) is 17.5 Å². The summed E-state index contributed by atoms with van der Waals surface area (Å²) < 4.78 is 0. The number of azide groups is 1. The van der Waals surface area contributed by atoms with Crippen LogP contribution < -0.4 is 4.90 Å². The number of aliphatic hydroxyl groups is 2. The zero-order valence-electron chi connectivity index (χ0n) is 10.4. The van der Waals surface area contributed by atoms with Crippen molar-refractivity contribution in [3.05, 3.63) is 28.4 Å². The zero-order chi connectivity index (χ0) is 13.7. The number of hydrogen-bond acceptors (Lipinski definition) is 6. The van der Waals surface area contributed by atoms with E-state index in [1.165, 1.54) is 12.4 Å². The first-order valence-corrected chi connectivity index (χ1v) is 6.16. The first kappa shape index (κ1) is 13.5. The van der Waals surface area contributed by atoms with Gasteiger partial charge in [-0.05, 0) is 18.4 Å². The maximum absolute atomic E-state index is 9.84. The molecule has 2 rings (SSSR count). The van der Waals surface area contributed by atoms with Crippen LogP contribution in [0.5, 0.6) is 0 Å². The minimum absolute atomic E-state index is 0.189. The van der Waals surface area contributed by atoms with E-state index >= 15 is 0 Å². The average molecular weight is 264 g/mol. The summed E-state index contributed by atoms with van der Waals surface area (Å²) in [7, 11) is 0. The Hall–Kier alpha value is -1.89. The van der Waals surface area contributed by atoms with Crippen molar-refractivity contribution < 1.29 is 10.2 Å². The highest BCUT2D eigenvalue weighted by atomic mass is 16.3. The summed E-state index contributed by atoms with van der Waals surface area (Å²) >= 11 is 0. The molecule has 0 amide bonds. The van der Waals surface area contributed by atoms with Gasteiger partial charge >= 0.3 is 0 Å². The third-order valence-electron chi connectivity index (χ3n) is 3.09. The SMILES string of the molecule is [N-]=[N+]=NCC(O)C(O)c1cnc(N2CCCC2)nc1. The van der Waals surface area contributed by atoms with E-state index in [0.717, 1.165) is 25.9 Å². The van der Waals surface area contributed by atoms with Crippen LogP contribution in [-0.2, 0) is 0 Å². The molecular formula is C11H16N6O2. The number of aliphatic hydroxyl groups excluding tert-OH is 2. The van der Waals surface area contributed by atoms with Crippen LogP contribution in [0.4, 0.5) is 5.95 Å². The monoisotopic (exact) mass is 264 g/mol. The molecule has 0 spiro atoms. The van der Waals surface area contributed by atoms with Crippen LogP contribution in [0.2, 0.25) is 0 Å². The normalized spacial score (nSPS) is 17.9. The van der Waals surface area contributed by atoms with Gasteiger partial charge in [-0.25, -0.2) is 9.97 Å². The number of nitrogens with zero attached hydrogens (tertiary/aromatic N) is 6. The van der Waals surface area contributed by atoms with Crippen molar-refractivity contribution in [1.82, 2.24) is 9.97 Å². The fourth-order valence-corrected chi connectivity index (χ4v) is 2.01. The summed E-state index contributed by atoms with van der Waals surface area (Å²) in [5.74, 6) is 0.637. The molecule has 1 aliphatic rings. The molecule has 19 heavy (non-hydrogen) atoms. The van der Waals surface area contributed by atoms with Crippen molar-refractivity contribution in [2.45, 2.75) is 25.0 Å². The van der Waals surface area contributed by atoms with E-state index in [-0.39, 0.29) is 6.54 Å². The number of hydrogen-bond donors (Lipinski definition) is 2. The number of rotatable bonds is 5. The maximum Gasteiger partial charge on any atom is 0.225 e. The van der Waals surface area contributed by atoms with Crippen LogP contribution in [0.25, 0.3) is 10.4 Å². The van der Waals surface area contributed by atoms with Crippen molar-refractivity contribution in [1.29, 1.82) is 0 Å². The standard InChI is InChI=1S/C11H16N6O2/c12-16-15-7-9(18)10(19)8-5-13-11(14-6-8)17-3-1-2-4-17/h5-6,9-10,18-19H,1-4,7H2. The molecule has 2 N–H and O–H groups in total. The van der Waals surface area contributed by atoms with Gasteiger partial charge in [-0.3, -0.25) is 0 Å². The topological polar surface area (TPSA) is 118 Å². The molecule has 1 aromatic heterocycles. The molecule has 0 saturated carbocycles. The van der Waals surface area contributed by atoms with Gasteiger partial charge in [0.15, 0.2) is 0 Å². The number of anilines is 1. The van der Waals surface area contributed by atoms with Gasteiger partial charge < -0.3 is 15.1 Å². The molecular weight excluding hydrogens is 248 g/mol. The Morgan fingerprint density at radius 3 is 2.53 bits per heavy atom. The first-order valence-electron chi connectivity index (χ1n) is 6.16. The van der Waals surface area contributed by atoms with Gasteiger partial charge in [0.25, 0.3) is 0 Å². The highest BCUT2D eigenvalue weighted by Crippen LogP contribution is 2.19. The second-order valence-corrected chi connectivity index (χ2v) is 4.44. The van der Waals surface area contributed by atoms with E-state index in [1.807, 2.05) is 0 Å². The molecule has 1 aromatic rings. The molecule has 2 unspecified atom stereocenters. The summed E-state index contributed by atoms with van der Waals surface area (Å²) in [6.07, 6.45) is 2.95. The molecule has 0 aliphatic carbocycles. The number of aromatic nitrogens is 2. The molecule has 0 radical (unpaired) electrons. The van der Waals surface area contributed by atoms with Crippen LogP contribution >= 0.6 is 0 Å². The fraction of sp³-hybridized carbons (Fsp3) is 0.636. The Kier molecular flexibility index (Phi) is 4.51. The summed E-state index contributed by atoms with van der Waals surface area (Å²) in [5.41, 5.74) is 8.57. The molecule has 0 aromatic carbocycles. The van der Waals surface area contributed by atoms with E-state index in [1.54, 1.807) is 0 Å². The van der Waals surface area contributed by atoms with Gasteiger partial charge in [-0.1, -0.05) is 5.11 Å². The molecule has 102 valence electrons. The van der Waals surface area contributed by atoms with Crippen LogP contribution in [0.1, 0.15) is 24.5 Å². The zero-order valence-corrected chi connectivity index (χ0v) is 10.4. The van der Waals surface area contributed by atoms with Crippen LogP contribution in [-0.4, -0.2) is 45.9 Å². The fourth-order valence-electron chi connectivity index (χ4n) is 2.01. The minimum Gasteiger partial charge on any atom is -0.390 e. The van der Waals surface area contributed by atoms with Crippen molar-refractivity contribution >= 4 is 5.95 Å². The first-order chi connectivity index (χ1) is 9.22. The van der Waals surface area contributed by atoms with Crippen molar-refractivity contribution in [2.75, 3.05) is 24.5 Å². The van der Waals surface area contributed by atoms with Crippen molar-refractivity contribution in [3.63, 3.8) is 0 Å².